The van der Waals surface area contributed by atoms with Gasteiger partial charge in [-0.1, -0.05) is 46.3 Å². The van der Waals surface area contributed by atoms with Gasteiger partial charge < -0.3 is 9.98 Å². The number of hydrogen-bond donors (Lipinski definition) is 1. The first-order valence-corrected chi connectivity index (χ1v) is 9.33. The van der Waals surface area contributed by atoms with Gasteiger partial charge in [0.05, 0.1) is 5.52 Å². The zero-order chi connectivity index (χ0) is 16.7. The lowest BCUT2D eigenvalue weighted by molar-refractivity contribution is 0.633. The number of para-hydroxylation sites is 1. The van der Waals surface area contributed by atoms with Crippen molar-refractivity contribution in [2.75, 3.05) is 0 Å². The standard InChI is InChI=1S/C21H21BrN2/c1-14(23)19(12-15-7-9-17(22)10-8-15)20-13-24-11-3-5-16-4-2-6-18(20)21(16)24/h2,4,6-10,13,19,23H,3,5,11-12H2,1H3. The third kappa shape index (κ3) is 2.71. The number of nitrogens with zero attached hydrogens (tertiary/aromatic N) is 1. The first kappa shape index (κ1) is 15.6. The van der Waals surface area contributed by atoms with Crippen molar-refractivity contribution in [3.05, 3.63) is 69.8 Å². The van der Waals surface area contributed by atoms with Crippen LogP contribution in [0.15, 0.2) is 53.1 Å². The lowest BCUT2D eigenvalue weighted by Gasteiger charge is -2.16. The molecule has 0 aliphatic carbocycles. The second-order valence-corrected chi connectivity index (χ2v) is 7.68. The third-order valence-corrected chi connectivity index (χ3v) is 5.64. The van der Waals surface area contributed by atoms with E-state index in [0.717, 1.165) is 23.1 Å². The summed E-state index contributed by atoms with van der Waals surface area (Å²) in [5.74, 6) is 0.142. The van der Waals surface area contributed by atoms with Gasteiger partial charge in [0, 0.05) is 34.2 Å². The summed E-state index contributed by atoms with van der Waals surface area (Å²) in [4.78, 5) is 0. The summed E-state index contributed by atoms with van der Waals surface area (Å²) in [6.07, 6.45) is 5.56. The predicted molar refractivity (Wildman–Crippen MR) is 104 cm³/mol. The molecule has 0 spiro atoms. The Morgan fingerprint density at radius 2 is 2.00 bits per heavy atom. The average molecular weight is 381 g/mol. The van der Waals surface area contributed by atoms with Crippen LogP contribution in [0.25, 0.3) is 10.9 Å². The van der Waals surface area contributed by atoms with Crippen LogP contribution < -0.4 is 0 Å². The molecule has 1 aromatic heterocycles. The van der Waals surface area contributed by atoms with E-state index in [1.165, 1.54) is 40.4 Å². The fourth-order valence-electron chi connectivity index (χ4n) is 3.91. The number of benzene rings is 2. The molecule has 0 saturated heterocycles. The highest BCUT2D eigenvalue weighted by atomic mass is 79.9. The maximum Gasteiger partial charge on any atom is 0.0515 e. The molecule has 1 aliphatic rings. The molecule has 0 amide bonds. The van der Waals surface area contributed by atoms with Crippen LogP contribution in [0.4, 0.5) is 0 Å². The Hall–Kier alpha value is -1.87. The van der Waals surface area contributed by atoms with Crippen LogP contribution >= 0.6 is 15.9 Å². The molecule has 24 heavy (non-hydrogen) atoms. The van der Waals surface area contributed by atoms with Crippen molar-refractivity contribution in [1.29, 1.82) is 5.41 Å². The van der Waals surface area contributed by atoms with Crippen LogP contribution in [0.5, 0.6) is 0 Å². The molecule has 1 aliphatic heterocycles. The number of aryl methyl sites for hydroxylation is 2. The Labute approximate surface area is 151 Å². The van der Waals surface area contributed by atoms with Gasteiger partial charge in [0.2, 0.25) is 0 Å². The maximum atomic E-state index is 8.37. The van der Waals surface area contributed by atoms with Crippen LogP contribution in [-0.2, 0) is 19.4 Å². The van der Waals surface area contributed by atoms with E-state index < -0.39 is 0 Å². The van der Waals surface area contributed by atoms with Crippen molar-refractivity contribution in [3.8, 4) is 0 Å². The molecular weight excluding hydrogens is 360 g/mol. The number of aromatic nitrogens is 1. The number of nitrogens with one attached hydrogen (secondary N) is 1. The lowest BCUT2D eigenvalue weighted by Crippen LogP contribution is -2.11. The molecule has 0 fully saturated rings. The van der Waals surface area contributed by atoms with E-state index in [4.69, 9.17) is 5.41 Å². The highest BCUT2D eigenvalue weighted by Gasteiger charge is 2.23. The van der Waals surface area contributed by atoms with Crippen molar-refractivity contribution < 1.29 is 0 Å². The quantitative estimate of drug-likeness (QED) is 0.561. The minimum absolute atomic E-state index is 0.142. The van der Waals surface area contributed by atoms with E-state index in [1.807, 2.05) is 6.92 Å². The molecule has 2 aromatic carbocycles. The normalized spacial score (nSPS) is 14.8. The van der Waals surface area contributed by atoms with Crippen LogP contribution in [0, 0.1) is 5.41 Å². The molecule has 1 unspecified atom stereocenters. The number of rotatable bonds is 4. The molecular formula is C21H21BrN2. The average Bonchev–Trinajstić information content (AvgIpc) is 2.95. The largest absolute Gasteiger partial charge is 0.347 e. The molecule has 2 heterocycles. The Morgan fingerprint density at radius 1 is 1.21 bits per heavy atom. The zero-order valence-corrected chi connectivity index (χ0v) is 15.4. The summed E-state index contributed by atoms with van der Waals surface area (Å²) in [7, 11) is 0. The third-order valence-electron chi connectivity index (χ3n) is 5.11. The highest BCUT2D eigenvalue weighted by Crippen LogP contribution is 2.35. The second-order valence-electron chi connectivity index (χ2n) is 6.76. The van der Waals surface area contributed by atoms with Gasteiger partial charge in [0.15, 0.2) is 0 Å². The van der Waals surface area contributed by atoms with Gasteiger partial charge in [-0.15, -0.1) is 0 Å². The van der Waals surface area contributed by atoms with Gasteiger partial charge in [-0.3, -0.25) is 0 Å². The molecule has 1 atom stereocenters. The number of halogens is 1. The summed E-state index contributed by atoms with van der Waals surface area (Å²) in [6, 6.07) is 15.1. The van der Waals surface area contributed by atoms with Crippen molar-refractivity contribution >= 4 is 32.5 Å². The molecule has 0 saturated carbocycles. The van der Waals surface area contributed by atoms with E-state index in [0.29, 0.717) is 0 Å². The minimum atomic E-state index is 0.142. The second kappa shape index (κ2) is 6.21. The van der Waals surface area contributed by atoms with Crippen molar-refractivity contribution in [3.63, 3.8) is 0 Å². The van der Waals surface area contributed by atoms with Crippen molar-refractivity contribution in [2.45, 2.75) is 38.6 Å². The molecule has 3 aromatic rings. The van der Waals surface area contributed by atoms with Crippen LogP contribution in [-0.4, -0.2) is 10.3 Å². The zero-order valence-electron chi connectivity index (χ0n) is 13.8. The van der Waals surface area contributed by atoms with Crippen molar-refractivity contribution in [2.24, 2.45) is 0 Å². The molecule has 3 heteroatoms. The lowest BCUT2D eigenvalue weighted by atomic mass is 9.88. The van der Waals surface area contributed by atoms with Gasteiger partial charge in [-0.05, 0) is 55.0 Å². The van der Waals surface area contributed by atoms with Crippen molar-refractivity contribution in [1.82, 2.24) is 4.57 Å². The highest BCUT2D eigenvalue weighted by molar-refractivity contribution is 9.10. The van der Waals surface area contributed by atoms with E-state index in [9.17, 15) is 0 Å². The van der Waals surface area contributed by atoms with Gasteiger partial charge in [-0.25, -0.2) is 0 Å². The van der Waals surface area contributed by atoms with E-state index in [2.05, 4.69) is 69.2 Å². The maximum absolute atomic E-state index is 8.37. The smallest absolute Gasteiger partial charge is 0.0515 e. The molecule has 122 valence electrons. The summed E-state index contributed by atoms with van der Waals surface area (Å²) < 4.78 is 3.50. The van der Waals surface area contributed by atoms with Gasteiger partial charge in [0.1, 0.15) is 0 Å². The first-order chi connectivity index (χ1) is 11.6. The van der Waals surface area contributed by atoms with E-state index in [1.54, 1.807) is 0 Å². The SMILES string of the molecule is CC(=N)C(Cc1ccc(Br)cc1)c1cn2c3c(cccc13)CCC2. The minimum Gasteiger partial charge on any atom is -0.347 e. The Kier molecular flexibility index (Phi) is 4.05. The fourth-order valence-corrected chi connectivity index (χ4v) is 4.18. The molecule has 4 rings (SSSR count). The van der Waals surface area contributed by atoms with Gasteiger partial charge in [0.25, 0.3) is 0 Å². The number of hydrogen-bond acceptors (Lipinski definition) is 1. The summed E-state index contributed by atoms with van der Waals surface area (Å²) in [5, 5.41) is 9.71. The topological polar surface area (TPSA) is 28.8 Å². The predicted octanol–water partition coefficient (Wildman–Crippen LogP) is 5.72. The monoisotopic (exact) mass is 380 g/mol. The summed E-state index contributed by atoms with van der Waals surface area (Å²) in [5.41, 5.74) is 6.17. The fraction of sp³-hybridized carbons (Fsp3) is 0.286. The Bertz CT molecular complexity index is 905. The molecule has 1 N–H and O–H groups in total. The Balaban J connectivity index is 1.80. The summed E-state index contributed by atoms with van der Waals surface area (Å²) >= 11 is 3.50. The molecule has 0 radical (unpaired) electrons. The van der Waals surface area contributed by atoms with Gasteiger partial charge in [-0.2, -0.15) is 0 Å². The van der Waals surface area contributed by atoms with Gasteiger partial charge >= 0.3 is 0 Å². The first-order valence-electron chi connectivity index (χ1n) is 8.53. The summed E-state index contributed by atoms with van der Waals surface area (Å²) in [6.45, 7) is 3.03. The molecule has 2 nitrogen and oxygen atoms in total. The van der Waals surface area contributed by atoms with Crippen LogP contribution in [0.1, 0.15) is 36.0 Å². The van der Waals surface area contributed by atoms with E-state index >= 15 is 0 Å². The molecule has 0 bridgehead atoms. The van der Waals surface area contributed by atoms with E-state index in [-0.39, 0.29) is 5.92 Å². The Morgan fingerprint density at radius 3 is 2.75 bits per heavy atom. The van der Waals surface area contributed by atoms with Crippen LogP contribution in [0.2, 0.25) is 0 Å². The van der Waals surface area contributed by atoms with Crippen LogP contribution in [0.3, 0.4) is 0 Å².